The van der Waals surface area contributed by atoms with Crippen LogP contribution in [0.25, 0.3) is 0 Å². The Bertz CT molecular complexity index is 1500. The minimum atomic E-state index is -1.77. The molecule has 11 heteroatoms. The van der Waals surface area contributed by atoms with E-state index < -0.39 is 60.5 Å². The Kier molecular flexibility index (Phi) is 10.3. The first-order chi connectivity index (χ1) is 24.3. The Hall–Kier alpha value is -2.79. The van der Waals surface area contributed by atoms with Crippen LogP contribution < -0.4 is 0 Å². The van der Waals surface area contributed by atoms with Crippen molar-refractivity contribution in [3.63, 3.8) is 0 Å². The number of fused-ring (bicyclic) bond motifs is 7. The first-order valence-corrected chi connectivity index (χ1v) is 19.6. The van der Waals surface area contributed by atoms with Gasteiger partial charge in [0.1, 0.15) is 11.9 Å². The topological polar surface area (TPSA) is 163 Å². The Morgan fingerprint density at radius 1 is 0.846 bits per heavy atom. The SMILES string of the molecule is CC(=O)OC1C(OC(C)=O)[C@H](C(O)C[C@]23CCC[C@H](C)C2C2=CCC4[C@@](C)(CCC5C(C)(C)C(=O)CC[C@@]54C)C2CC3)OC(C(=O)O)[C@H]1OC(C)=O. The van der Waals surface area contributed by atoms with E-state index >= 15 is 0 Å². The summed E-state index contributed by atoms with van der Waals surface area (Å²) in [7, 11) is 0. The van der Waals surface area contributed by atoms with Crippen molar-refractivity contribution in [2.45, 2.75) is 163 Å². The number of carbonyl (C=O) groups is 5. The third-order valence-electron chi connectivity index (χ3n) is 15.2. The lowest BCUT2D eigenvalue weighted by Crippen LogP contribution is -2.66. The summed E-state index contributed by atoms with van der Waals surface area (Å²) >= 11 is 0. The number of carboxylic acids is 1. The van der Waals surface area contributed by atoms with E-state index in [1.54, 1.807) is 0 Å². The standard InChI is InChI=1S/C41H60O11/c1-21-10-9-16-41(20-27(45)32-33(49-22(2)42)34(50-23(3)43)35(51-24(4)44)36(52-32)37(47)48)19-13-26-25(31(21)41)11-12-29-39(26,7)17-14-28-38(5,6)30(46)15-18-40(28,29)8/h11,21,26-29,31-36,45H,9-10,12-20H2,1-8H3,(H,47,48)/t21-,26?,27?,28?,29?,31?,32-,33?,34?,35-,36?,39-,40-,41+/m0/s1. The van der Waals surface area contributed by atoms with Gasteiger partial charge >= 0.3 is 23.9 Å². The van der Waals surface area contributed by atoms with Crippen LogP contribution in [0.2, 0.25) is 0 Å². The number of esters is 3. The summed E-state index contributed by atoms with van der Waals surface area (Å²) < 4.78 is 22.5. The number of aliphatic hydroxyl groups excluding tert-OH is 1. The number of Topliss-reactive ketones (excluding diaryl/α,β-unsaturated/α-hetero) is 1. The number of ketones is 1. The monoisotopic (exact) mass is 728 g/mol. The van der Waals surface area contributed by atoms with Gasteiger partial charge in [0.05, 0.1) is 6.10 Å². The van der Waals surface area contributed by atoms with Crippen molar-refractivity contribution >= 4 is 29.7 Å². The molecular weight excluding hydrogens is 668 g/mol. The van der Waals surface area contributed by atoms with Gasteiger partial charge in [-0.25, -0.2) is 4.79 Å². The van der Waals surface area contributed by atoms with Crippen LogP contribution >= 0.6 is 0 Å². The van der Waals surface area contributed by atoms with Gasteiger partial charge in [-0.05, 0) is 97.2 Å². The molecule has 0 bridgehead atoms. The predicted molar refractivity (Wildman–Crippen MR) is 188 cm³/mol. The minimum absolute atomic E-state index is 0.0858. The largest absolute Gasteiger partial charge is 0.479 e. The molecule has 1 saturated heterocycles. The van der Waals surface area contributed by atoms with E-state index in [0.717, 1.165) is 71.6 Å². The highest BCUT2D eigenvalue weighted by molar-refractivity contribution is 5.85. The number of carbonyl (C=O) groups excluding carboxylic acids is 4. The number of allylic oxidation sites excluding steroid dienone is 2. The van der Waals surface area contributed by atoms with E-state index in [-0.39, 0.29) is 34.0 Å². The smallest absolute Gasteiger partial charge is 0.336 e. The van der Waals surface area contributed by atoms with Crippen LogP contribution in [0.5, 0.6) is 0 Å². The second kappa shape index (κ2) is 13.8. The second-order valence-electron chi connectivity index (χ2n) is 18.4. The van der Waals surface area contributed by atoms with E-state index in [1.807, 2.05) is 0 Å². The van der Waals surface area contributed by atoms with Crippen molar-refractivity contribution in [2.75, 3.05) is 0 Å². The fourth-order valence-electron chi connectivity index (χ4n) is 13.3. The molecule has 0 radical (unpaired) electrons. The maximum Gasteiger partial charge on any atom is 0.336 e. The van der Waals surface area contributed by atoms with Gasteiger partial charge in [-0.15, -0.1) is 0 Å². The molecule has 0 amide bonds. The first kappa shape index (κ1) is 38.9. The van der Waals surface area contributed by atoms with E-state index in [9.17, 15) is 34.2 Å². The summed E-state index contributed by atoms with van der Waals surface area (Å²) in [5.74, 6) is -1.62. The molecule has 1 aliphatic heterocycles. The number of hydrogen-bond donors (Lipinski definition) is 2. The molecule has 290 valence electrons. The highest BCUT2D eigenvalue weighted by Crippen LogP contribution is 2.72. The highest BCUT2D eigenvalue weighted by atomic mass is 16.7. The van der Waals surface area contributed by atoms with Crippen LogP contribution in [0.15, 0.2) is 11.6 Å². The average Bonchev–Trinajstić information content (AvgIpc) is 3.03. The third-order valence-corrected chi connectivity index (χ3v) is 15.2. The van der Waals surface area contributed by atoms with E-state index in [2.05, 4.69) is 40.7 Å². The lowest BCUT2D eigenvalue weighted by Gasteiger charge is -2.67. The van der Waals surface area contributed by atoms with Crippen LogP contribution in [0.4, 0.5) is 0 Å². The van der Waals surface area contributed by atoms with Crippen molar-refractivity contribution in [1.29, 1.82) is 0 Å². The lowest BCUT2D eigenvalue weighted by atomic mass is 9.37. The van der Waals surface area contributed by atoms with Crippen LogP contribution in [-0.4, -0.2) is 76.5 Å². The molecule has 4 saturated carbocycles. The Labute approximate surface area is 307 Å². The Balaban J connectivity index is 1.33. The van der Waals surface area contributed by atoms with Crippen LogP contribution in [0.3, 0.4) is 0 Å². The van der Waals surface area contributed by atoms with Crippen molar-refractivity contribution in [2.24, 2.45) is 51.2 Å². The number of carboxylic acid groups (broad SMARTS) is 1. The fourth-order valence-corrected chi connectivity index (χ4v) is 13.3. The van der Waals surface area contributed by atoms with Gasteiger partial charge in [-0.2, -0.15) is 0 Å². The average molecular weight is 729 g/mol. The van der Waals surface area contributed by atoms with Crippen LogP contribution in [-0.2, 0) is 42.9 Å². The molecule has 5 fully saturated rings. The molecule has 6 rings (SSSR count). The normalized spacial score (nSPS) is 44.3. The van der Waals surface area contributed by atoms with E-state index in [4.69, 9.17) is 18.9 Å². The summed E-state index contributed by atoms with van der Waals surface area (Å²) in [5.41, 5.74) is 1.05. The predicted octanol–water partition coefficient (Wildman–Crippen LogP) is 5.98. The number of aliphatic carboxylic acids is 1. The van der Waals surface area contributed by atoms with Gasteiger partial charge in [0, 0.05) is 32.6 Å². The first-order valence-electron chi connectivity index (χ1n) is 19.6. The molecule has 11 nitrogen and oxygen atoms in total. The summed E-state index contributed by atoms with van der Waals surface area (Å²) in [5, 5.41) is 22.4. The maximum absolute atomic E-state index is 13.1. The molecular formula is C41H60O11. The zero-order chi connectivity index (χ0) is 38.1. The molecule has 5 aliphatic carbocycles. The van der Waals surface area contributed by atoms with Gasteiger partial charge in [0.25, 0.3) is 0 Å². The number of ether oxygens (including phenoxy) is 4. The second-order valence-corrected chi connectivity index (χ2v) is 18.4. The van der Waals surface area contributed by atoms with E-state index in [1.165, 1.54) is 12.5 Å². The minimum Gasteiger partial charge on any atom is -0.479 e. The number of hydrogen-bond acceptors (Lipinski definition) is 10. The maximum atomic E-state index is 13.1. The van der Waals surface area contributed by atoms with Crippen molar-refractivity contribution < 1.29 is 53.1 Å². The fraction of sp³-hybridized carbons (Fsp3) is 0.829. The molecule has 6 aliphatic rings. The van der Waals surface area contributed by atoms with E-state index in [0.29, 0.717) is 35.9 Å². The quantitative estimate of drug-likeness (QED) is 0.180. The summed E-state index contributed by atoms with van der Waals surface area (Å²) in [4.78, 5) is 62.5. The van der Waals surface area contributed by atoms with Gasteiger partial charge in [0.2, 0.25) is 0 Å². The zero-order valence-electron chi connectivity index (χ0n) is 32.3. The molecule has 1 heterocycles. The van der Waals surface area contributed by atoms with Gasteiger partial charge < -0.3 is 29.2 Å². The highest BCUT2D eigenvalue weighted by Gasteiger charge is 2.65. The molecule has 2 N–H and O–H groups in total. The van der Waals surface area contributed by atoms with Gasteiger partial charge in [0.15, 0.2) is 24.4 Å². The van der Waals surface area contributed by atoms with Crippen LogP contribution in [0, 0.1) is 51.2 Å². The van der Waals surface area contributed by atoms with Gasteiger partial charge in [-0.3, -0.25) is 19.2 Å². The molecule has 14 atom stereocenters. The number of rotatable bonds is 7. The van der Waals surface area contributed by atoms with Crippen molar-refractivity contribution in [3.05, 3.63) is 11.6 Å². The summed E-state index contributed by atoms with van der Waals surface area (Å²) in [6.45, 7) is 15.0. The third kappa shape index (κ3) is 6.33. The Morgan fingerprint density at radius 3 is 2.12 bits per heavy atom. The molecule has 0 aromatic rings. The number of aliphatic hydroxyl groups is 1. The molecule has 0 aromatic carbocycles. The summed E-state index contributed by atoms with van der Waals surface area (Å²) in [6, 6.07) is 0. The lowest BCUT2D eigenvalue weighted by molar-refractivity contribution is -0.263. The zero-order valence-corrected chi connectivity index (χ0v) is 32.3. The Morgan fingerprint density at radius 2 is 1.48 bits per heavy atom. The van der Waals surface area contributed by atoms with Crippen LogP contribution in [0.1, 0.15) is 126 Å². The summed E-state index contributed by atoms with van der Waals surface area (Å²) in [6.07, 6.45) is 3.36. The van der Waals surface area contributed by atoms with Crippen molar-refractivity contribution in [1.82, 2.24) is 0 Å². The molecule has 0 spiro atoms. The van der Waals surface area contributed by atoms with Gasteiger partial charge in [-0.1, -0.05) is 59.1 Å². The molecule has 8 unspecified atom stereocenters. The van der Waals surface area contributed by atoms with Crippen molar-refractivity contribution in [3.8, 4) is 0 Å². The molecule has 0 aromatic heterocycles. The molecule has 52 heavy (non-hydrogen) atoms.